The molecule has 0 bridgehead atoms. The van der Waals surface area contributed by atoms with Gasteiger partial charge in [0.25, 0.3) is 5.97 Å². The second kappa shape index (κ2) is 17.0. The van der Waals surface area contributed by atoms with Gasteiger partial charge in [-0.15, -0.1) is 18.2 Å². The van der Waals surface area contributed by atoms with E-state index in [1.54, 1.807) is 13.8 Å². The summed E-state index contributed by atoms with van der Waals surface area (Å²) in [7, 11) is 4.82. The number of rotatable bonds is 8. The largest absolute Gasteiger partial charge is 0.500 e. The minimum Gasteiger partial charge on any atom is -0.500 e. The molecule has 13 heteroatoms. The first kappa shape index (κ1) is 36.0. The Labute approximate surface area is 256 Å². The van der Waals surface area contributed by atoms with Crippen LogP contribution in [0.4, 0.5) is 0 Å². The van der Waals surface area contributed by atoms with Crippen molar-refractivity contribution in [3.05, 3.63) is 71.0 Å². The van der Waals surface area contributed by atoms with Crippen molar-refractivity contribution in [3.63, 3.8) is 0 Å². The number of esters is 4. The van der Waals surface area contributed by atoms with E-state index in [4.69, 9.17) is 29.2 Å². The Balaban J connectivity index is 0.000000981. The number of aromatic nitrogens is 2. The van der Waals surface area contributed by atoms with Crippen LogP contribution in [0.5, 0.6) is 0 Å². The summed E-state index contributed by atoms with van der Waals surface area (Å²) in [6.45, 7) is 3.32. The Bertz CT molecular complexity index is 1240. The molecule has 1 radical (unpaired) electrons. The maximum atomic E-state index is 12.2. The zero-order chi connectivity index (χ0) is 30.7. The molecule has 0 amide bonds. The predicted octanol–water partition coefficient (Wildman–Crippen LogP) is 2.89. The van der Waals surface area contributed by atoms with Crippen LogP contribution in [0, 0.1) is 6.07 Å². The smallest absolute Gasteiger partial charge is 0.337 e. The number of nitrogens with zero attached hydrogens (tertiary/aromatic N) is 2. The molecule has 1 aromatic heterocycles. The fourth-order valence-corrected chi connectivity index (χ4v) is 3.63. The maximum Gasteiger partial charge on any atom is 0.337 e. The van der Waals surface area contributed by atoms with Gasteiger partial charge >= 0.3 is 17.9 Å². The van der Waals surface area contributed by atoms with E-state index in [1.807, 2.05) is 0 Å². The van der Waals surface area contributed by atoms with Crippen LogP contribution in [0.3, 0.4) is 0 Å². The number of aliphatic hydroxyl groups excluding tert-OH is 2. The van der Waals surface area contributed by atoms with Crippen molar-refractivity contribution in [2.45, 2.75) is 32.5 Å². The van der Waals surface area contributed by atoms with Crippen molar-refractivity contribution in [2.24, 2.45) is 0 Å². The van der Waals surface area contributed by atoms with Gasteiger partial charge in [-0.2, -0.15) is 0 Å². The van der Waals surface area contributed by atoms with Gasteiger partial charge in [0.1, 0.15) is 0 Å². The minimum absolute atomic E-state index is 0. The number of carbonyl (C=O) groups excluding carboxylic acids is 4. The van der Waals surface area contributed by atoms with Crippen LogP contribution in [0.1, 0.15) is 61.7 Å². The summed E-state index contributed by atoms with van der Waals surface area (Å²) in [5.41, 5.74) is 1.22. The molecule has 2 atom stereocenters. The molecule has 2 N–H and O–H groups in total. The monoisotopic (exact) mass is 760 g/mol. The third kappa shape index (κ3) is 9.81. The number of methoxy groups -OCH3 is 4. The summed E-state index contributed by atoms with van der Waals surface area (Å²) in [5.74, 6) is -2.76. The molecule has 0 fully saturated rings. The summed E-state index contributed by atoms with van der Waals surface area (Å²) < 4.78 is 19.1. The van der Waals surface area contributed by atoms with Gasteiger partial charge in [0.15, 0.2) is 0 Å². The van der Waals surface area contributed by atoms with Gasteiger partial charge in [-0.1, -0.05) is 5.56 Å². The zero-order valence-corrected chi connectivity index (χ0v) is 26.2. The van der Waals surface area contributed by atoms with Crippen LogP contribution in [0.25, 0.3) is 22.5 Å². The van der Waals surface area contributed by atoms with Gasteiger partial charge < -0.3 is 29.2 Å². The fraction of sp³-hybridized carbons (Fsp3) is 0.310. The first-order chi connectivity index (χ1) is 19.4. The Hall–Kier alpha value is -4.03. The second-order valence-electron chi connectivity index (χ2n) is 8.65. The molecule has 0 spiro atoms. The molecule has 227 valence electrons. The third-order valence-electron chi connectivity index (χ3n) is 5.38. The molecule has 0 aliphatic carbocycles. The van der Waals surface area contributed by atoms with Crippen LogP contribution in [-0.2, 0) is 39.1 Å². The van der Waals surface area contributed by atoms with Crippen LogP contribution in [-0.4, -0.2) is 84.7 Å². The van der Waals surface area contributed by atoms with Crippen molar-refractivity contribution < 1.29 is 68.4 Å². The molecule has 0 saturated carbocycles. The van der Waals surface area contributed by atoms with Gasteiger partial charge in [-0.25, -0.2) is 14.4 Å². The van der Waals surface area contributed by atoms with E-state index in [0.717, 1.165) is 0 Å². The molecule has 2 unspecified atom stereocenters. The normalized spacial score (nSPS) is 11.4. The first-order valence-electron chi connectivity index (χ1n) is 12.2. The van der Waals surface area contributed by atoms with E-state index >= 15 is 0 Å². The molecular formula is C29H31IrN2O10-. The van der Waals surface area contributed by atoms with Crippen molar-refractivity contribution in [1.29, 1.82) is 0 Å². The van der Waals surface area contributed by atoms with Crippen LogP contribution < -0.4 is 0 Å². The van der Waals surface area contributed by atoms with E-state index < -0.39 is 23.9 Å². The third-order valence-corrected chi connectivity index (χ3v) is 5.38. The van der Waals surface area contributed by atoms with Gasteiger partial charge in [0.2, 0.25) is 0 Å². The van der Waals surface area contributed by atoms with E-state index in [0.29, 0.717) is 12.0 Å². The minimum atomic E-state index is -0.724. The van der Waals surface area contributed by atoms with E-state index in [2.05, 4.69) is 16.0 Å². The molecular weight excluding hydrogens is 729 g/mol. The molecule has 3 rings (SSSR count). The number of hydrogen-bond donors (Lipinski definition) is 2. The number of ether oxygens (including phenoxy) is 4. The molecule has 0 aliphatic heterocycles. The first-order valence-corrected chi connectivity index (χ1v) is 12.2. The molecule has 0 aliphatic rings. The fourth-order valence-electron chi connectivity index (χ4n) is 3.63. The Kier molecular flexibility index (Phi) is 14.6. The summed E-state index contributed by atoms with van der Waals surface area (Å²) in [4.78, 5) is 57.5. The SMILES string of the molecule is CC(O)CC(C)O.COC(=O)c1[c-]c(-c2nccnc2-c2cc(C(=O)OC)cc(C(=O)OC)c2)cc(C(=O)OC)c1.[Ir]. The second-order valence-corrected chi connectivity index (χ2v) is 8.65. The van der Waals surface area contributed by atoms with Crippen molar-refractivity contribution in [1.82, 2.24) is 9.97 Å². The number of carbonyl (C=O) groups is 4. The van der Waals surface area contributed by atoms with Crippen LogP contribution in [0.2, 0.25) is 0 Å². The van der Waals surface area contributed by atoms with Crippen LogP contribution in [0.15, 0.2) is 42.7 Å². The van der Waals surface area contributed by atoms with Gasteiger partial charge in [0.05, 0.1) is 57.5 Å². The average molecular weight is 760 g/mol. The standard InChI is InChI=1S/C24H19N2O8.C5H12O2.Ir/c1-31-21(27)15-7-13(8-16(11-15)22(28)32-2)19-20(26-6-5-25-19)14-9-17(23(29)33-3)12-18(10-14)24(30)34-4;1-4(6)3-5(2)7;/h5-9,11-12H,1-4H3;4-7H,3H2,1-2H3;/q-1;;. The molecule has 3 aromatic rings. The van der Waals surface area contributed by atoms with E-state index in [-0.39, 0.29) is 71.5 Å². The maximum absolute atomic E-state index is 12.2. The van der Waals surface area contributed by atoms with Gasteiger partial charge in [-0.3, -0.25) is 14.8 Å². The Morgan fingerprint density at radius 2 is 1.12 bits per heavy atom. The predicted molar refractivity (Wildman–Crippen MR) is 145 cm³/mol. The Morgan fingerprint density at radius 1 is 0.690 bits per heavy atom. The topological polar surface area (TPSA) is 171 Å². The number of aliphatic hydroxyl groups is 2. The molecule has 2 aromatic carbocycles. The molecule has 12 nitrogen and oxygen atoms in total. The van der Waals surface area contributed by atoms with Gasteiger partial charge in [0, 0.05) is 38.2 Å². The van der Waals surface area contributed by atoms with Crippen molar-refractivity contribution in [3.8, 4) is 22.5 Å². The molecule has 42 heavy (non-hydrogen) atoms. The van der Waals surface area contributed by atoms with Crippen molar-refractivity contribution >= 4 is 23.9 Å². The van der Waals surface area contributed by atoms with E-state index in [9.17, 15) is 19.2 Å². The summed E-state index contributed by atoms with van der Waals surface area (Å²) in [6.07, 6.45) is 2.54. The molecule has 0 saturated heterocycles. The zero-order valence-electron chi connectivity index (χ0n) is 23.8. The quantitative estimate of drug-likeness (QED) is 0.196. The summed E-state index contributed by atoms with van der Waals surface area (Å²) in [6, 6.07) is 9.85. The number of hydrogen-bond acceptors (Lipinski definition) is 12. The average Bonchev–Trinajstić information content (AvgIpc) is 2.98. The van der Waals surface area contributed by atoms with Gasteiger partial charge in [-0.05, 0) is 55.2 Å². The van der Waals surface area contributed by atoms with Crippen LogP contribution >= 0.6 is 0 Å². The van der Waals surface area contributed by atoms with E-state index in [1.165, 1.54) is 71.2 Å². The Morgan fingerprint density at radius 3 is 1.52 bits per heavy atom. The van der Waals surface area contributed by atoms with Crippen molar-refractivity contribution in [2.75, 3.05) is 28.4 Å². The summed E-state index contributed by atoms with van der Waals surface area (Å²) >= 11 is 0. The summed E-state index contributed by atoms with van der Waals surface area (Å²) in [5, 5.41) is 17.1. The molecule has 1 heterocycles. The number of benzene rings is 2.